The van der Waals surface area contributed by atoms with Crippen LogP contribution in [0.1, 0.15) is 39.5 Å². The second-order valence-electron chi connectivity index (χ2n) is 5.73. The summed E-state index contributed by atoms with van der Waals surface area (Å²) in [6, 6.07) is -0.277. The van der Waals surface area contributed by atoms with Crippen LogP contribution >= 0.6 is 11.8 Å². The number of rotatable bonds is 6. The highest BCUT2D eigenvalue weighted by molar-refractivity contribution is 7.98. The zero-order valence-electron chi connectivity index (χ0n) is 12.1. The molecule has 0 bridgehead atoms. The fourth-order valence-electron chi connectivity index (χ4n) is 2.95. The molecule has 0 aromatic heterocycles. The normalized spacial score (nSPS) is 31.5. The summed E-state index contributed by atoms with van der Waals surface area (Å²) in [5, 5.41) is 2.99. The van der Waals surface area contributed by atoms with Crippen LogP contribution in [0.2, 0.25) is 0 Å². The fourth-order valence-corrected chi connectivity index (χ4v) is 3.37. The van der Waals surface area contributed by atoms with E-state index in [0.717, 1.165) is 25.0 Å². The molecule has 0 spiro atoms. The monoisotopic (exact) mass is 284 g/mol. The molecule has 2 rings (SSSR count). The molecule has 0 radical (unpaired) electrons. The van der Waals surface area contributed by atoms with Crippen molar-refractivity contribution >= 4 is 23.6 Å². The van der Waals surface area contributed by atoms with Gasteiger partial charge in [0.05, 0.1) is 0 Å². The van der Waals surface area contributed by atoms with Crippen molar-refractivity contribution in [2.24, 2.45) is 5.92 Å². The average Bonchev–Trinajstić information content (AvgIpc) is 3.20. The molecule has 1 saturated heterocycles. The fraction of sp³-hybridized carbons (Fsp3) is 0.857. The van der Waals surface area contributed by atoms with E-state index >= 15 is 0 Å². The Hall–Kier alpha value is -0.710. The second kappa shape index (κ2) is 5.73. The van der Waals surface area contributed by atoms with Gasteiger partial charge in [-0.2, -0.15) is 11.8 Å². The summed E-state index contributed by atoms with van der Waals surface area (Å²) >= 11 is 1.78. The summed E-state index contributed by atoms with van der Waals surface area (Å²) in [5.74, 6) is 1.52. The van der Waals surface area contributed by atoms with Crippen molar-refractivity contribution in [3.8, 4) is 0 Å². The lowest BCUT2D eigenvalue weighted by molar-refractivity contribution is -0.155. The Kier molecular flexibility index (Phi) is 4.43. The number of carbonyl (C=O) groups is 2. The molecular formula is C14H24N2O2S. The van der Waals surface area contributed by atoms with Crippen LogP contribution < -0.4 is 5.32 Å². The van der Waals surface area contributed by atoms with Gasteiger partial charge in [-0.1, -0.05) is 6.92 Å². The third-order valence-corrected chi connectivity index (χ3v) is 4.99. The first-order chi connectivity index (χ1) is 9.04. The molecule has 1 saturated carbocycles. The van der Waals surface area contributed by atoms with E-state index in [4.69, 9.17) is 0 Å². The van der Waals surface area contributed by atoms with Gasteiger partial charge in [-0.15, -0.1) is 0 Å². The molecule has 5 heteroatoms. The Bertz CT molecular complexity index is 370. The second-order valence-corrected chi connectivity index (χ2v) is 6.72. The molecule has 2 atom stereocenters. The van der Waals surface area contributed by atoms with Gasteiger partial charge in [0.15, 0.2) is 0 Å². The van der Waals surface area contributed by atoms with Gasteiger partial charge in [-0.05, 0) is 50.5 Å². The first-order valence-electron chi connectivity index (χ1n) is 7.16. The molecular weight excluding hydrogens is 260 g/mol. The predicted octanol–water partition coefficient (Wildman–Crippen LogP) is 1.65. The maximum Gasteiger partial charge on any atom is 0.249 e. The Morgan fingerprint density at radius 3 is 2.63 bits per heavy atom. The van der Waals surface area contributed by atoms with Crippen molar-refractivity contribution in [3.05, 3.63) is 0 Å². The summed E-state index contributed by atoms with van der Waals surface area (Å²) in [6.45, 7) is 4.57. The Balaban J connectivity index is 2.14. The van der Waals surface area contributed by atoms with E-state index in [-0.39, 0.29) is 17.9 Å². The van der Waals surface area contributed by atoms with Crippen molar-refractivity contribution in [1.29, 1.82) is 0 Å². The Morgan fingerprint density at radius 2 is 2.11 bits per heavy atom. The zero-order chi connectivity index (χ0) is 14.0. The van der Waals surface area contributed by atoms with Gasteiger partial charge in [0.2, 0.25) is 11.8 Å². The van der Waals surface area contributed by atoms with Crippen molar-refractivity contribution in [1.82, 2.24) is 10.2 Å². The summed E-state index contributed by atoms with van der Waals surface area (Å²) in [5.41, 5.74) is -0.651. The van der Waals surface area contributed by atoms with E-state index in [1.165, 1.54) is 0 Å². The standard InChI is InChI=1S/C14H24N2O2S/c1-4-11-12(17)15-14(2,10-6-7-10)13(18)16(11)8-5-9-19-3/h10-11H,4-9H2,1-3H3,(H,15,17). The number of nitrogens with zero attached hydrogens (tertiary/aromatic N) is 1. The maximum atomic E-state index is 12.7. The number of carbonyl (C=O) groups excluding carboxylic acids is 2. The Morgan fingerprint density at radius 1 is 1.42 bits per heavy atom. The molecule has 1 aliphatic carbocycles. The van der Waals surface area contributed by atoms with Crippen molar-refractivity contribution in [3.63, 3.8) is 0 Å². The molecule has 1 aliphatic heterocycles. The van der Waals surface area contributed by atoms with Crippen molar-refractivity contribution in [2.75, 3.05) is 18.6 Å². The van der Waals surface area contributed by atoms with E-state index in [9.17, 15) is 9.59 Å². The van der Waals surface area contributed by atoms with Crippen LogP contribution in [0.25, 0.3) is 0 Å². The minimum Gasteiger partial charge on any atom is -0.340 e. The SMILES string of the molecule is CCC1C(=O)NC(C)(C2CC2)C(=O)N1CCCSC. The molecule has 0 aromatic carbocycles. The lowest BCUT2D eigenvalue weighted by atomic mass is 9.89. The number of hydrogen-bond donors (Lipinski definition) is 1. The average molecular weight is 284 g/mol. The molecule has 2 amide bonds. The molecule has 108 valence electrons. The van der Waals surface area contributed by atoms with E-state index in [1.807, 2.05) is 18.7 Å². The highest BCUT2D eigenvalue weighted by atomic mass is 32.2. The highest BCUT2D eigenvalue weighted by Crippen LogP contribution is 2.42. The summed E-state index contributed by atoms with van der Waals surface area (Å²) in [4.78, 5) is 26.8. The number of piperazine rings is 1. The van der Waals surface area contributed by atoms with Crippen LogP contribution in [0.15, 0.2) is 0 Å². The summed E-state index contributed by atoms with van der Waals surface area (Å²) in [7, 11) is 0. The van der Waals surface area contributed by atoms with Gasteiger partial charge < -0.3 is 10.2 Å². The van der Waals surface area contributed by atoms with Crippen LogP contribution in [0, 0.1) is 5.92 Å². The molecule has 2 unspecified atom stereocenters. The molecule has 2 aliphatic rings. The van der Waals surface area contributed by atoms with Gasteiger partial charge in [0.1, 0.15) is 11.6 Å². The van der Waals surface area contributed by atoms with E-state index in [1.54, 1.807) is 11.8 Å². The van der Waals surface area contributed by atoms with Crippen molar-refractivity contribution < 1.29 is 9.59 Å². The van der Waals surface area contributed by atoms with Crippen LogP contribution in [0.3, 0.4) is 0 Å². The first-order valence-corrected chi connectivity index (χ1v) is 8.56. The lowest BCUT2D eigenvalue weighted by Gasteiger charge is -2.44. The van der Waals surface area contributed by atoms with Gasteiger partial charge in [0.25, 0.3) is 0 Å². The zero-order valence-corrected chi connectivity index (χ0v) is 12.9. The first kappa shape index (κ1) is 14.7. The molecule has 19 heavy (non-hydrogen) atoms. The van der Waals surface area contributed by atoms with Crippen LogP contribution in [-0.4, -0.2) is 46.8 Å². The van der Waals surface area contributed by atoms with E-state index in [0.29, 0.717) is 18.9 Å². The van der Waals surface area contributed by atoms with Gasteiger partial charge in [0, 0.05) is 6.54 Å². The lowest BCUT2D eigenvalue weighted by Crippen LogP contribution is -2.70. The third-order valence-electron chi connectivity index (χ3n) is 4.29. The third kappa shape index (κ3) is 2.76. The number of nitrogens with one attached hydrogen (secondary N) is 1. The van der Waals surface area contributed by atoms with Crippen molar-refractivity contribution in [2.45, 2.75) is 51.1 Å². The van der Waals surface area contributed by atoms with E-state index in [2.05, 4.69) is 11.6 Å². The van der Waals surface area contributed by atoms with Crippen LogP contribution in [0.5, 0.6) is 0 Å². The van der Waals surface area contributed by atoms with Crippen LogP contribution in [-0.2, 0) is 9.59 Å². The van der Waals surface area contributed by atoms with Crippen LogP contribution in [0.4, 0.5) is 0 Å². The predicted molar refractivity (Wildman–Crippen MR) is 78.1 cm³/mol. The van der Waals surface area contributed by atoms with E-state index < -0.39 is 5.54 Å². The number of hydrogen-bond acceptors (Lipinski definition) is 3. The quantitative estimate of drug-likeness (QED) is 0.755. The molecule has 2 fully saturated rings. The summed E-state index contributed by atoms with van der Waals surface area (Å²) in [6.07, 6.45) is 5.82. The smallest absolute Gasteiger partial charge is 0.249 e. The molecule has 1 heterocycles. The number of thioether (sulfide) groups is 1. The van der Waals surface area contributed by atoms with Gasteiger partial charge in [-0.25, -0.2) is 0 Å². The topological polar surface area (TPSA) is 49.4 Å². The largest absolute Gasteiger partial charge is 0.340 e. The Labute approximate surface area is 119 Å². The molecule has 4 nitrogen and oxygen atoms in total. The minimum atomic E-state index is -0.651. The summed E-state index contributed by atoms with van der Waals surface area (Å²) < 4.78 is 0. The highest BCUT2D eigenvalue weighted by Gasteiger charge is 2.54. The number of amides is 2. The van der Waals surface area contributed by atoms with Gasteiger partial charge >= 0.3 is 0 Å². The maximum absolute atomic E-state index is 12.7. The molecule has 0 aromatic rings. The van der Waals surface area contributed by atoms with Gasteiger partial charge in [-0.3, -0.25) is 9.59 Å². The minimum absolute atomic E-state index is 0.0284. The molecule has 1 N–H and O–H groups in total.